The van der Waals surface area contributed by atoms with Crippen molar-refractivity contribution in [2.75, 3.05) is 26.3 Å². The number of hydrogen-bond donors (Lipinski definition) is 1. The average molecular weight is 377 g/mol. The molecule has 1 spiro atoms. The van der Waals surface area contributed by atoms with Crippen LogP contribution in [0.15, 0.2) is 30.3 Å². The van der Waals surface area contributed by atoms with Crippen molar-refractivity contribution in [2.24, 2.45) is 7.05 Å². The molecule has 2 aliphatic rings. The van der Waals surface area contributed by atoms with Crippen molar-refractivity contribution < 1.29 is 19.1 Å². The molecule has 0 radical (unpaired) electrons. The molecule has 0 bridgehead atoms. The Hall–Kier alpha value is -1.74. The van der Waals surface area contributed by atoms with E-state index in [4.69, 9.17) is 26.4 Å². The van der Waals surface area contributed by atoms with Crippen molar-refractivity contribution in [3.63, 3.8) is 0 Å². The Balaban J connectivity index is 1.37. The molecule has 1 N–H and O–H groups in total. The third kappa shape index (κ3) is 3.68. The molecule has 2 aliphatic heterocycles. The third-order valence-corrected chi connectivity index (χ3v) is 5.63. The lowest BCUT2D eigenvalue weighted by Gasteiger charge is -2.34. The van der Waals surface area contributed by atoms with Crippen molar-refractivity contribution in [2.45, 2.75) is 31.9 Å². The topological polar surface area (TPSA) is 54.9 Å². The maximum atomic E-state index is 5.81. The van der Waals surface area contributed by atoms with Gasteiger partial charge < -0.3 is 23.7 Å². The van der Waals surface area contributed by atoms with Crippen LogP contribution < -0.4 is 9.64 Å². The summed E-state index contributed by atoms with van der Waals surface area (Å²) < 4.78 is 22.0. The van der Waals surface area contributed by atoms with Crippen LogP contribution in [0.2, 0.25) is 0 Å². The lowest BCUT2D eigenvalue weighted by atomic mass is 10.0. The van der Waals surface area contributed by atoms with E-state index in [0.717, 1.165) is 48.9 Å². The summed E-state index contributed by atoms with van der Waals surface area (Å²) in [4.78, 5) is 1.44. The monoisotopic (exact) mass is 377 g/mol. The summed E-state index contributed by atoms with van der Waals surface area (Å²) in [5, 5.41) is 4.67. The molecule has 1 aromatic carbocycles. The average Bonchev–Trinajstić information content (AvgIpc) is 3.23. The summed E-state index contributed by atoms with van der Waals surface area (Å²) in [6.45, 7) is 4.57. The first-order chi connectivity index (χ1) is 12.7. The molecule has 3 heterocycles. The van der Waals surface area contributed by atoms with Gasteiger partial charge in [0.05, 0.1) is 39.1 Å². The van der Waals surface area contributed by atoms with Gasteiger partial charge in [0.1, 0.15) is 12.4 Å². The Morgan fingerprint density at radius 1 is 1.19 bits per heavy atom. The molecule has 1 aromatic heterocycles. The van der Waals surface area contributed by atoms with Gasteiger partial charge in [-0.3, -0.25) is 0 Å². The van der Waals surface area contributed by atoms with E-state index in [1.807, 2.05) is 46.6 Å². The number of rotatable bonds is 5. The number of hydrogen-bond acceptors (Lipinski definition) is 5. The fourth-order valence-corrected chi connectivity index (χ4v) is 3.78. The van der Waals surface area contributed by atoms with E-state index in [1.54, 1.807) is 0 Å². The summed E-state index contributed by atoms with van der Waals surface area (Å²) in [7, 11) is 1.94. The van der Waals surface area contributed by atoms with E-state index in [1.165, 1.54) is 4.90 Å². The number of piperidine rings is 1. The van der Waals surface area contributed by atoms with E-state index in [-0.39, 0.29) is 5.79 Å². The summed E-state index contributed by atoms with van der Waals surface area (Å²) in [6, 6.07) is 9.75. The van der Waals surface area contributed by atoms with Crippen molar-refractivity contribution in [1.29, 1.82) is 0 Å². The maximum absolute atomic E-state index is 5.81. The van der Waals surface area contributed by atoms with Crippen LogP contribution in [0, 0.1) is 4.77 Å². The third-order valence-electron chi connectivity index (χ3n) is 5.15. The number of para-hydroxylation sites is 1. The smallest absolute Gasteiger partial charge is 0.202 e. The first kappa shape index (κ1) is 17.7. The number of benzene rings is 1. The zero-order valence-electron chi connectivity index (χ0n) is 15.0. The van der Waals surface area contributed by atoms with Gasteiger partial charge in [-0.2, -0.15) is 4.68 Å². The minimum absolute atomic E-state index is 0.330. The van der Waals surface area contributed by atoms with E-state index in [2.05, 4.69) is 5.10 Å². The second kappa shape index (κ2) is 7.48. The molecule has 8 heteroatoms. The summed E-state index contributed by atoms with van der Waals surface area (Å²) in [5.41, 5.74) is 0. The van der Waals surface area contributed by atoms with E-state index >= 15 is 0 Å². The van der Waals surface area contributed by atoms with Gasteiger partial charge in [-0.25, -0.2) is 0 Å². The molecule has 2 saturated heterocycles. The van der Waals surface area contributed by atoms with Crippen LogP contribution in [-0.4, -0.2) is 46.4 Å². The van der Waals surface area contributed by atoms with Crippen LogP contribution in [0.25, 0.3) is 0 Å². The molecule has 140 valence electrons. The van der Waals surface area contributed by atoms with Crippen LogP contribution >= 0.6 is 12.2 Å². The summed E-state index contributed by atoms with van der Waals surface area (Å²) in [6.07, 6.45) is 1.85. The highest BCUT2D eigenvalue weighted by Crippen LogP contribution is 2.27. The molecule has 0 amide bonds. The number of aromatic nitrogens is 3. The number of quaternary nitrogens is 1. The molecule has 0 atom stereocenters. The van der Waals surface area contributed by atoms with E-state index in [9.17, 15) is 0 Å². The standard InChI is InChI=1S/C18H24N4O3S/c1-20-16(13-23-15-5-3-2-4-6-15)19-22(17(20)26)14-21-9-7-18(8-10-21)24-11-12-25-18/h2-6H,7-14H2,1H3/p+1. The molecule has 2 aromatic rings. The van der Waals surface area contributed by atoms with Crippen LogP contribution in [0.4, 0.5) is 0 Å². The van der Waals surface area contributed by atoms with Crippen LogP contribution in [-0.2, 0) is 29.8 Å². The van der Waals surface area contributed by atoms with Gasteiger partial charge in [0.25, 0.3) is 0 Å². The van der Waals surface area contributed by atoms with Gasteiger partial charge >= 0.3 is 0 Å². The Bertz CT molecular complexity index is 789. The number of nitrogens with zero attached hydrogens (tertiary/aromatic N) is 3. The first-order valence-corrected chi connectivity index (χ1v) is 9.48. The SMILES string of the molecule is Cn1c(COc2ccccc2)nn(C[NH+]2CCC3(CC2)OCCO3)c1=S. The Morgan fingerprint density at radius 2 is 1.88 bits per heavy atom. The van der Waals surface area contributed by atoms with Crippen LogP contribution in [0.5, 0.6) is 5.75 Å². The molecule has 26 heavy (non-hydrogen) atoms. The van der Waals surface area contributed by atoms with Gasteiger partial charge in [0.2, 0.25) is 4.77 Å². The number of likely N-dealkylation sites (tertiary alicyclic amines) is 1. The van der Waals surface area contributed by atoms with Gasteiger partial charge in [-0.15, -0.1) is 5.10 Å². The lowest BCUT2D eigenvalue weighted by Crippen LogP contribution is -3.13. The largest absolute Gasteiger partial charge is 0.486 e. The highest BCUT2D eigenvalue weighted by Gasteiger charge is 2.41. The predicted octanol–water partition coefficient (Wildman–Crippen LogP) is 0.909. The van der Waals surface area contributed by atoms with Crippen molar-refractivity contribution in [3.05, 3.63) is 40.9 Å². The minimum Gasteiger partial charge on any atom is -0.486 e. The number of nitrogens with one attached hydrogen (secondary N) is 1. The summed E-state index contributed by atoms with van der Waals surface area (Å²) in [5.74, 6) is 1.33. The molecular weight excluding hydrogens is 352 g/mol. The molecule has 4 rings (SSSR count). The quantitative estimate of drug-likeness (QED) is 0.785. The highest BCUT2D eigenvalue weighted by molar-refractivity contribution is 7.71. The molecule has 2 fully saturated rings. The molecule has 0 unspecified atom stereocenters. The summed E-state index contributed by atoms with van der Waals surface area (Å²) >= 11 is 5.56. The number of ether oxygens (including phenoxy) is 3. The Kier molecular flexibility index (Phi) is 5.08. The van der Waals surface area contributed by atoms with Crippen molar-refractivity contribution in [1.82, 2.24) is 14.3 Å². The molecule has 7 nitrogen and oxygen atoms in total. The van der Waals surface area contributed by atoms with Crippen molar-refractivity contribution in [3.8, 4) is 5.75 Å². The minimum atomic E-state index is -0.330. The molecular formula is C18H25N4O3S+. The van der Waals surface area contributed by atoms with E-state index < -0.39 is 0 Å². The lowest BCUT2D eigenvalue weighted by molar-refractivity contribution is -0.931. The first-order valence-electron chi connectivity index (χ1n) is 9.07. The zero-order chi connectivity index (χ0) is 18.0. The Labute approximate surface area is 158 Å². The van der Waals surface area contributed by atoms with Gasteiger partial charge in [0, 0.05) is 7.05 Å². The second-order valence-corrected chi connectivity index (χ2v) is 7.24. The van der Waals surface area contributed by atoms with Gasteiger partial charge in [-0.1, -0.05) is 18.2 Å². The zero-order valence-corrected chi connectivity index (χ0v) is 15.8. The Morgan fingerprint density at radius 3 is 2.58 bits per heavy atom. The van der Waals surface area contributed by atoms with Crippen LogP contribution in [0.1, 0.15) is 18.7 Å². The fraction of sp³-hybridized carbons (Fsp3) is 0.556. The maximum Gasteiger partial charge on any atom is 0.202 e. The normalized spacial score (nSPS) is 19.9. The second-order valence-electron chi connectivity index (χ2n) is 6.87. The van der Waals surface area contributed by atoms with E-state index in [0.29, 0.717) is 19.8 Å². The molecule has 0 aliphatic carbocycles. The van der Waals surface area contributed by atoms with Crippen molar-refractivity contribution >= 4 is 12.2 Å². The van der Waals surface area contributed by atoms with Gasteiger partial charge in [0.15, 0.2) is 18.3 Å². The molecule has 0 saturated carbocycles. The fourth-order valence-electron chi connectivity index (χ4n) is 3.57. The van der Waals surface area contributed by atoms with Crippen LogP contribution in [0.3, 0.4) is 0 Å². The highest BCUT2D eigenvalue weighted by atomic mass is 32.1. The van der Waals surface area contributed by atoms with Gasteiger partial charge in [-0.05, 0) is 24.4 Å². The predicted molar refractivity (Wildman–Crippen MR) is 97.4 cm³/mol.